The maximum absolute atomic E-state index is 9.63. The first-order valence-electron chi connectivity index (χ1n) is 5.87. The number of rotatable bonds is 7. The Morgan fingerprint density at radius 1 is 1.33 bits per heavy atom. The van der Waals surface area contributed by atoms with E-state index in [1.165, 1.54) is 0 Å². The number of hydrogen-bond donors (Lipinski definition) is 2. The van der Waals surface area contributed by atoms with Crippen LogP contribution in [-0.4, -0.2) is 36.1 Å². The average molecular weight is 319 g/mol. The summed E-state index contributed by atoms with van der Waals surface area (Å²) in [6.07, 6.45) is -0.667. The van der Waals surface area contributed by atoms with Crippen molar-refractivity contribution in [2.75, 3.05) is 19.8 Å². The van der Waals surface area contributed by atoms with Crippen molar-refractivity contribution < 1.29 is 19.7 Å². The van der Waals surface area contributed by atoms with Gasteiger partial charge in [-0.15, -0.1) is 0 Å². The molecule has 1 aromatic carbocycles. The highest BCUT2D eigenvalue weighted by atomic mass is 79.9. The zero-order chi connectivity index (χ0) is 13.5. The first-order chi connectivity index (χ1) is 8.58. The molecule has 0 aromatic heterocycles. The van der Waals surface area contributed by atoms with E-state index < -0.39 is 6.10 Å². The van der Waals surface area contributed by atoms with Gasteiger partial charge in [0.25, 0.3) is 0 Å². The summed E-state index contributed by atoms with van der Waals surface area (Å²) >= 11 is 3.37. The highest BCUT2D eigenvalue weighted by Gasteiger charge is 2.11. The molecule has 0 aliphatic heterocycles. The standard InChI is InChI=1S/C13H19BrO4/c1-3-17-7-12(16)8-18-13-9(2)4-11(14)5-10(13)6-15/h4-5,12,15-16H,3,6-8H2,1-2H3. The third-order valence-corrected chi connectivity index (χ3v) is 2.88. The van der Waals surface area contributed by atoms with Crippen LogP contribution in [0.25, 0.3) is 0 Å². The summed E-state index contributed by atoms with van der Waals surface area (Å²) in [6.45, 7) is 4.63. The second-order valence-electron chi connectivity index (χ2n) is 3.99. The topological polar surface area (TPSA) is 58.9 Å². The molecule has 18 heavy (non-hydrogen) atoms. The molecule has 5 heteroatoms. The van der Waals surface area contributed by atoms with Gasteiger partial charge >= 0.3 is 0 Å². The monoisotopic (exact) mass is 318 g/mol. The second-order valence-corrected chi connectivity index (χ2v) is 4.91. The van der Waals surface area contributed by atoms with E-state index in [0.717, 1.165) is 10.0 Å². The lowest BCUT2D eigenvalue weighted by Gasteiger charge is -2.16. The Kier molecular flexibility index (Phi) is 6.63. The van der Waals surface area contributed by atoms with Crippen molar-refractivity contribution in [2.45, 2.75) is 26.6 Å². The van der Waals surface area contributed by atoms with Crippen LogP contribution >= 0.6 is 15.9 Å². The lowest BCUT2D eigenvalue weighted by Crippen LogP contribution is -2.24. The molecule has 4 nitrogen and oxygen atoms in total. The number of halogens is 1. The van der Waals surface area contributed by atoms with Crippen molar-refractivity contribution in [1.29, 1.82) is 0 Å². The normalized spacial score (nSPS) is 12.5. The molecule has 0 amide bonds. The van der Waals surface area contributed by atoms with Crippen LogP contribution in [0.15, 0.2) is 16.6 Å². The van der Waals surface area contributed by atoms with Gasteiger partial charge in [0, 0.05) is 16.6 Å². The zero-order valence-electron chi connectivity index (χ0n) is 10.6. The summed E-state index contributed by atoms with van der Waals surface area (Å²) in [5.41, 5.74) is 1.61. The minimum atomic E-state index is -0.667. The number of benzene rings is 1. The lowest BCUT2D eigenvalue weighted by molar-refractivity contribution is 0.0159. The largest absolute Gasteiger partial charge is 0.490 e. The number of aliphatic hydroxyl groups is 2. The van der Waals surface area contributed by atoms with Crippen LogP contribution in [0.2, 0.25) is 0 Å². The Labute approximate surface area is 116 Å². The molecule has 0 saturated carbocycles. The fraction of sp³-hybridized carbons (Fsp3) is 0.538. The molecule has 1 rings (SSSR count). The van der Waals surface area contributed by atoms with E-state index in [-0.39, 0.29) is 19.8 Å². The molecule has 102 valence electrons. The molecule has 0 aliphatic rings. The molecular weight excluding hydrogens is 300 g/mol. The van der Waals surface area contributed by atoms with Crippen molar-refractivity contribution in [2.24, 2.45) is 0 Å². The Morgan fingerprint density at radius 3 is 2.67 bits per heavy atom. The van der Waals surface area contributed by atoms with E-state index in [0.29, 0.717) is 17.9 Å². The van der Waals surface area contributed by atoms with Gasteiger partial charge in [-0.1, -0.05) is 15.9 Å². The van der Waals surface area contributed by atoms with Gasteiger partial charge in [-0.25, -0.2) is 0 Å². The Balaban J connectivity index is 2.66. The Hall–Kier alpha value is -0.620. The Bertz CT molecular complexity index is 381. The highest BCUT2D eigenvalue weighted by Crippen LogP contribution is 2.28. The van der Waals surface area contributed by atoms with E-state index in [2.05, 4.69) is 15.9 Å². The molecule has 0 radical (unpaired) electrons. The minimum Gasteiger partial charge on any atom is -0.490 e. The van der Waals surface area contributed by atoms with Crippen molar-refractivity contribution in [1.82, 2.24) is 0 Å². The molecule has 0 heterocycles. The Morgan fingerprint density at radius 2 is 2.06 bits per heavy atom. The van der Waals surface area contributed by atoms with Gasteiger partial charge in [-0.3, -0.25) is 0 Å². The third-order valence-electron chi connectivity index (χ3n) is 2.42. The molecule has 0 aliphatic carbocycles. The van der Waals surface area contributed by atoms with Gasteiger partial charge in [0.1, 0.15) is 18.5 Å². The van der Waals surface area contributed by atoms with Crippen LogP contribution in [0.4, 0.5) is 0 Å². The van der Waals surface area contributed by atoms with E-state index in [4.69, 9.17) is 9.47 Å². The summed E-state index contributed by atoms with van der Waals surface area (Å²) in [5.74, 6) is 0.622. The lowest BCUT2D eigenvalue weighted by atomic mass is 10.1. The van der Waals surface area contributed by atoms with Crippen LogP contribution in [0.3, 0.4) is 0 Å². The summed E-state index contributed by atoms with van der Waals surface area (Å²) in [6, 6.07) is 3.71. The quantitative estimate of drug-likeness (QED) is 0.807. The van der Waals surface area contributed by atoms with Crippen molar-refractivity contribution in [3.8, 4) is 5.75 Å². The van der Waals surface area contributed by atoms with Crippen molar-refractivity contribution >= 4 is 15.9 Å². The average Bonchev–Trinajstić information content (AvgIpc) is 2.34. The molecule has 1 aromatic rings. The summed E-state index contributed by atoms with van der Waals surface area (Å²) in [5, 5.41) is 18.9. The van der Waals surface area contributed by atoms with E-state index in [9.17, 15) is 10.2 Å². The summed E-state index contributed by atoms with van der Waals surface area (Å²) in [4.78, 5) is 0. The molecule has 0 bridgehead atoms. The van der Waals surface area contributed by atoms with Crippen molar-refractivity contribution in [3.05, 3.63) is 27.7 Å². The van der Waals surface area contributed by atoms with E-state index in [1.54, 1.807) is 6.07 Å². The maximum Gasteiger partial charge on any atom is 0.127 e. The van der Waals surface area contributed by atoms with Crippen LogP contribution in [0.1, 0.15) is 18.1 Å². The number of ether oxygens (including phenoxy) is 2. The highest BCUT2D eigenvalue weighted by molar-refractivity contribution is 9.10. The van der Waals surface area contributed by atoms with Gasteiger partial charge in [0.05, 0.1) is 13.2 Å². The first kappa shape index (κ1) is 15.4. The van der Waals surface area contributed by atoms with Gasteiger partial charge in [0.15, 0.2) is 0 Å². The van der Waals surface area contributed by atoms with Crippen molar-refractivity contribution in [3.63, 3.8) is 0 Å². The summed E-state index contributed by atoms with van der Waals surface area (Å²) < 4.78 is 11.6. The maximum atomic E-state index is 9.63. The van der Waals surface area contributed by atoms with Crippen LogP contribution in [0, 0.1) is 6.92 Å². The number of hydrogen-bond acceptors (Lipinski definition) is 4. The molecular formula is C13H19BrO4. The predicted molar refractivity (Wildman–Crippen MR) is 72.8 cm³/mol. The van der Waals surface area contributed by atoms with E-state index >= 15 is 0 Å². The van der Waals surface area contributed by atoms with Gasteiger partial charge in [-0.2, -0.15) is 0 Å². The minimum absolute atomic E-state index is 0.100. The third kappa shape index (κ3) is 4.57. The first-order valence-corrected chi connectivity index (χ1v) is 6.66. The zero-order valence-corrected chi connectivity index (χ0v) is 12.2. The molecule has 1 unspecified atom stereocenters. The van der Waals surface area contributed by atoms with Crippen LogP contribution in [0.5, 0.6) is 5.75 Å². The molecule has 0 fully saturated rings. The fourth-order valence-corrected chi connectivity index (χ4v) is 2.22. The van der Waals surface area contributed by atoms with Gasteiger partial charge in [-0.05, 0) is 31.5 Å². The fourth-order valence-electron chi connectivity index (χ4n) is 1.60. The SMILES string of the molecule is CCOCC(O)COc1c(C)cc(Br)cc1CO. The number of aliphatic hydroxyl groups excluding tert-OH is 2. The van der Waals surface area contributed by atoms with Gasteiger partial charge < -0.3 is 19.7 Å². The predicted octanol–water partition coefficient (Wildman–Crippen LogP) is 2.03. The number of aryl methyl sites for hydroxylation is 1. The van der Waals surface area contributed by atoms with Crippen LogP contribution < -0.4 is 4.74 Å². The van der Waals surface area contributed by atoms with Gasteiger partial charge in [0.2, 0.25) is 0 Å². The van der Waals surface area contributed by atoms with Crippen LogP contribution in [-0.2, 0) is 11.3 Å². The molecule has 0 spiro atoms. The molecule has 0 saturated heterocycles. The molecule has 1 atom stereocenters. The van der Waals surface area contributed by atoms with E-state index in [1.807, 2.05) is 19.9 Å². The smallest absolute Gasteiger partial charge is 0.127 e. The molecule has 2 N–H and O–H groups in total. The second kappa shape index (κ2) is 7.74. The summed E-state index contributed by atoms with van der Waals surface area (Å²) in [7, 11) is 0.